The Labute approximate surface area is 155 Å². The smallest absolute Gasteiger partial charge is 0.326 e. The van der Waals surface area contributed by atoms with Crippen LogP contribution in [-0.2, 0) is 18.9 Å². The van der Waals surface area contributed by atoms with E-state index in [4.69, 9.17) is 0 Å². The van der Waals surface area contributed by atoms with Gasteiger partial charge in [0, 0.05) is 32.3 Å². The van der Waals surface area contributed by atoms with Crippen LogP contribution in [0.25, 0.3) is 11.0 Å². The molecule has 0 unspecified atom stereocenters. The Balaban J connectivity index is 1.70. The third-order valence-corrected chi connectivity index (χ3v) is 4.14. The first-order valence-electron chi connectivity index (χ1n) is 8.23. The summed E-state index contributed by atoms with van der Waals surface area (Å²) in [5.41, 5.74) is 5.75. The first-order chi connectivity index (χ1) is 12.9. The number of carbonyl (C=O) groups is 2. The molecule has 2 aromatic carbocycles. The fourth-order valence-electron chi connectivity index (χ4n) is 2.74. The molecule has 27 heavy (non-hydrogen) atoms. The summed E-state index contributed by atoms with van der Waals surface area (Å²) in [4.78, 5) is 35.1. The lowest BCUT2D eigenvalue weighted by Gasteiger charge is -2.03. The van der Waals surface area contributed by atoms with Crippen molar-refractivity contribution in [2.24, 2.45) is 19.2 Å². The van der Waals surface area contributed by atoms with Crippen LogP contribution in [0.15, 0.2) is 52.4 Å². The number of aryl methyl sites for hydroxylation is 2. The van der Waals surface area contributed by atoms with Gasteiger partial charge in [0.25, 0.3) is 5.91 Å². The van der Waals surface area contributed by atoms with E-state index in [1.807, 2.05) is 18.2 Å². The molecular formula is C19H19N5O3. The number of carbonyl (C=O) groups excluding carboxylic acids is 2. The van der Waals surface area contributed by atoms with Gasteiger partial charge in [0.1, 0.15) is 0 Å². The molecule has 0 atom stereocenters. The molecule has 0 radical (unpaired) electrons. The summed E-state index contributed by atoms with van der Waals surface area (Å²) in [5, 5.41) is 6.60. The number of anilines is 1. The van der Waals surface area contributed by atoms with E-state index in [-0.39, 0.29) is 17.5 Å². The fourth-order valence-corrected chi connectivity index (χ4v) is 2.74. The van der Waals surface area contributed by atoms with Gasteiger partial charge in [0.15, 0.2) is 0 Å². The van der Waals surface area contributed by atoms with Crippen molar-refractivity contribution in [1.29, 1.82) is 0 Å². The van der Waals surface area contributed by atoms with E-state index in [0.717, 1.165) is 16.6 Å². The van der Waals surface area contributed by atoms with Crippen LogP contribution in [0.2, 0.25) is 0 Å². The molecule has 1 aromatic heterocycles. The minimum absolute atomic E-state index is 0.102. The van der Waals surface area contributed by atoms with Crippen LogP contribution in [0, 0.1) is 0 Å². The number of hydrogen-bond donors (Lipinski definition) is 2. The number of aromatic nitrogens is 2. The van der Waals surface area contributed by atoms with Gasteiger partial charge in [-0.1, -0.05) is 6.07 Å². The number of nitrogens with zero attached hydrogens (tertiary/aromatic N) is 3. The monoisotopic (exact) mass is 365 g/mol. The molecule has 3 aromatic rings. The van der Waals surface area contributed by atoms with Gasteiger partial charge in [-0.2, -0.15) is 5.10 Å². The third kappa shape index (κ3) is 3.79. The average molecular weight is 365 g/mol. The molecule has 0 spiro atoms. The van der Waals surface area contributed by atoms with Crippen LogP contribution in [-0.4, -0.2) is 27.2 Å². The molecule has 3 rings (SSSR count). The Morgan fingerprint density at radius 1 is 1.00 bits per heavy atom. The number of imidazole rings is 1. The summed E-state index contributed by atoms with van der Waals surface area (Å²) in [6.07, 6.45) is 1.51. The fraction of sp³-hybridized carbons (Fsp3) is 0.158. The molecule has 8 nitrogen and oxygen atoms in total. The molecule has 0 fully saturated rings. The van der Waals surface area contributed by atoms with E-state index in [1.54, 1.807) is 47.5 Å². The average Bonchev–Trinajstić information content (AvgIpc) is 2.86. The lowest BCUT2D eigenvalue weighted by Crippen LogP contribution is -2.19. The highest BCUT2D eigenvalue weighted by Crippen LogP contribution is 2.13. The predicted octanol–water partition coefficient (Wildman–Crippen LogP) is 1.60. The molecule has 0 aliphatic carbocycles. The molecule has 0 aliphatic heterocycles. The second-order valence-corrected chi connectivity index (χ2v) is 6.11. The highest BCUT2D eigenvalue weighted by molar-refractivity contribution is 5.96. The van der Waals surface area contributed by atoms with Crippen LogP contribution < -0.4 is 16.4 Å². The number of benzene rings is 2. The summed E-state index contributed by atoms with van der Waals surface area (Å²) in [5.74, 6) is -0.543. The molecule has 2 amide bonds. The lowest BCUT2D eigenvalue weighted by molar-refractivity contribution is -0.114. The van der Waals surface area contributed by atoms with E-state index in [2.05, 4.69) is 15.8 Å². The van der Waals surface area contributed by atoms with E-state index < -0.39 is 0 Å². The van der Waals surface area contributed by atoms with Crippen molar-refractivity contribution in [1.82, 2.24) is 14.6 Å². The van der Waals surface area contributed by atoms with Gasteiger partial charge in [-0.15, -0.1) is 0 Å². The van der Waals surface area contributed by atoms with E-state index >= 15 is 0 Å². The SMILES string of the molecule is CC(=O)Nc1ccc(C(=O)NN=Cc2ccc3c(c2)n(C)c(=O)n3C)cc1. The Morgan fingerprint density at radius 2 is 1.67 bits per heavy atom. The quantitative estimate of drug-likeness (QED) is 0.543. The maximum absolute atomic E-state index is 12.1. The zero-order valence-corrected chi connectivity index (χ0v) is 15.2. The Hall–Kier alpha value is -3.68. The molecule has 1 heterocycles. The van der Waals surface area contributed by atoms with Gasteiger partial charge in [0.2, 0.25) is 5.91 Å². The standard InChI is InChI=1S/C19H19N5O3/c1-12(25)21-15-7-5-14(6-8-15)18(26)22-20-11-13-4-9-16-17(10-13)24(3)19(27)23(16)2/h4-11H,1-3H3,(H,21,25)(H,22,26). The van der Waals surface area contributed by atoms with Crippen molar-refractivity contribution < 1.29 is 9.59 Å². The zero-order chi connectivity index (χ0) is 19.6. The van der Waals surface area contributed by atoms with Gasteiger partial charge >= 0.3 is 5.69 Å². The minimum atomic E-state index is -0.367. The molecular weight excluding hydrogens is 346 g/mol. The van der Waals surface area contributed by atoms with Crippen LogP contribution in [0.5, 0.6) is 0 Å². The molecule has 138 valence electrons. The van der Waals surface area contributed by atoms with Crippen molar-refractivity contribution in [2.75, 3.05) is 5.32 Å². The van der Waals surface area contributed by atoms with Crippen molar-refractivity contribution >= 4 is 34.7 Å². The first-order valence-corrected chi connectivity index (χ1v) is 8.23. The highest BCUT2D eigenvalue weighted by Gasteiger charge is 2.08. The van der Waals surface area contributed by atoms with Crippen LogP contribution in [0.3, 0.4) is 0 Å². The van der Waals surface area contributed by atoms with Crippen LogP contribution in [0.4, 0.5) is 5.69 Å². The Bertz CT molecular complexity index is 1110. The maximum Gasteiger partial charge on any atom is 0.328 e. The predicted molar refractivity (Wildman–Crippen MR) is 104 cm³/mol. The number of nitrogens with one attached hydrogen (secondary N) is 2. The van der Waals surface area contributed by atoms with Gasteiger partial charge in [-0.05, 0) is 42.0 Å². The molecule has 2 N–H and O–H groups in total. The minimum Gasteiger partial charge on any atom is -0.326 e. The number of hydrogen-bond acceptors (Lipinski definition) is 4. The van der Waals surface area contributed by atoms with Gasteiger partial charge in [0.05, 0.1) is 17.2 Å². The Kier molecular flexibility index (Phi) is 4.89. The molecule has 0 aliphatic rings. The summed E-state index contributed by atoms with van der Waals surface area (Å²) < 4.78 is 3.13. The summed E-state index contributed by atoms with van der Waals surface area (Å²) in [6, 6.07) is 12.0. The summed E-state index contributed by atoms with van der Waals surface area (Å²) in [7, 11) is 3.42. The maximum atomic E-state index is 12.1. The second-order valence-electron chi connectivity index (χ2n) is 6.11. The van der Waals surface area contributed by atoms with E-state index in [0.29, 0.717) is 11.3 Å². The first kappa shape index (κ1) is 18.1. The van der Waals surface area contributed by atoms with Gasteiger partial charge in [-0.3, -0.25) is 18.7 Å². The summed E-state index contributed by atoms with van der Waals surface area (Å²) in [6.45, 7) is 1.42. The van der Waals surface area contributed by atoms with E-state index in [1.165, 1.54) is 13.1 Å². The molecule has 0 bridgehead atoms. The summed E-state index contributed by atoms with van der Waals surface area (Å²) >= 11 is 0. The van der Waals surface area contributed by atoms with Crippen molar-refractivity contribution in [3.05, 3.63) is 64.1 Å². The highest BCUT2D eigenvalue weighted by atomic mass is 16.2. The van der Waals surface area contributed by atoms with Crippen LogP contribution >= 0.6 is 0 Å². The number of rotatable bonds is 4. The number of fused-ring (bicyclic) bond motifs is 1. The molecule has 0 saturated carbocycles. The number of amides is 2. The van der Waals surface area contributed by atoms with Gasteiger partial charge in [-0.25, -0.2) is 10.2 Å². The number of hydrazone groups is 1. The lowest BCUT2D eigenvalue weighted by atomic mass is 10.2. The van der Waals surface area contributed by atoms with Crippen molar-refractivity contribution in [2.45, 2.75) is 6.92 Å². The van der Waals surface area contributed by atoms with Crippen molar-refractivity contribution in [3.8, 4) is 0 Å². The largest absolute Gasteiger partial charge is 0.328 e. The van der Waals surface area contributed by atoms with Gasteiger partial charge < -0.3 is 5.32 Å². The second kappa shape index (κ2) is 7.28. The molecule has 0 saturated heterocycles. The topological polar surface area (TPSA) is 97.5 Å². The normalized spacial score (nSPS) is 11.1. The van der Waals surface area contributed by atoms with E-state index in [9.17, 15) is 14.4 Å². The van der Waals surface area contributed by atoms with Crippen LogP contribution in [0.1, 0.15) is 22.8 Å². The Morgan fingerprint density at radius 3 is 2.33 bits per heavy atom. The molecule has 8 heteroatoms. The zero-order valence-electron chi connectivity index (χ0n) is 15.2. The third-order valence-electron chi connectivity index (χ3n) is 4.14. The van der Waals surface area contributed by atoms with Crippen molar-refractivity contribution in [3.63, 3.8) is 0 Å².